The molecule has 0 aromatic carbocycles. The van der Waals surface area contributed by atoms with Gasteiger partial charge in [-0.25, -0.2) is 9.68 Å². The topological polar surface area (TPSA) is 60.5 Å². The Balaban J connectivity index is 4.13. The number of nitrogens with zero attached hydrogens (tertiary/aromatic N) is 2. The second-order valence-corrected chi connectivity index (χ2v) is 3.03. The van der Waals surface area contributed by atoms with Gasteiger partial charge in [-0.2, -0.15) is 3.22 Å². The summed E-state index contributed by atoms with van der Waals surface area (Å²) in [6.07, 6.45) is 0. The summed E-state index contributed by atoms with van der Waals surface area (Å²) in [6.45, 7) is 0.306. The Morgan fingerprint density at radius 2 is 1.80 bits per heavy atom. The lowest BCUT2D eigenvalue weighted by molar-refractivity contribution is -0.202. The van der Waals surface area contributed by atoms with Gasteiger partial charge in [0.1, 0.15) is 13.5 Å². The number of carbonyl (C=O) groups excluding carboxylic acids is 1. The lowest BCUT2D eigenvalue weighted by Gasteiger charge is -2.25. The second kappa shape index (κ2) is 9.09. The van der Waals surface area contributed by atoms with Gasteiger partial charge in [0, 0.05) is 21.3 Å². The van der Waals surface area contributed by atoms with Gasteiger partial charge in [-0.05, 0) is 0 Å². The minimum absolute atomic E-state index is 0.0103. The molecule has 8 heteroatoms. The van der Waals surface area contributed by atoms with Crippen LogP contribution in [0.5, 0.6) is 0 Å². The summed E-state index contributed by atoms with van der Waals surface area (Å²) in [5, 5.41) is 0. The van der Waals surface area contributed by atoms with Gasteiger partial charge in [0.05, 0.1) is 0 Å². The normalized spacial score (nSPS) is 10.1. The standard InChI is InChI=1S/C7H15IN2O5/c1-9(4-12-2)7(11)10(5-13-3)6-14-15-8/h4-6H2,1-3H3. The number of urea groups is 1. The molecule has 0 atom stereocenters. The third kappa shape index (κ3) is 6.10. The number of carbonyl (C=O) groups is 1. The van der Waals surface area contributed by atoms with Crippen LogP contribution >= 0.6 is 23.0 Å². The van der Waals surface area contributed by atoms with Gasteiger partial charge < -0.3 is 14.4 Å². The molecule has 2 amide bonds. The van der Waals surface area contributed by atoms with Gasteiger partial charge >= 0.3 is 6.03 Å². The van der Waals surface area contributed by atoms with Crippen molar-refractivity contribution in [2.45, 2.75) is 0 Å². The van der Waals surface area contributed by atoms with Crippen molar-refractivity contribution in [3.8, 4) is 0 Å². The van der Waals surface area contributed by atoms with E-state index in [1.54, 1.807) is 30.1 Å². The fourth-order valence-electron chi connectivity index (χ4n) is 0.877. The third-order valence-corrected chi connectivity index (χ3v) is 1.71. The molecule has 7 nitrogen and oxygen atoms in total. The predicted octanol–water partition coefficient (Wildman–Crippen LogP) is 0.804. The Kier molecular flexibility index (Phi) is 9.00. The zero-order valence-corrected chi connectivity index (χ0v) is 11.1. The number of methoxy groups -OCH3 is 2. The Bertz CT molecular complexity index is 183. The zero-order chi connectivity index (χ0) is 11.7. The van der Waals surface area contributed by atoms with Crippen LogP contribution in [0.15, 0.2) is 0 Å². The first-order valence-electron chi connectivity index (χ1n) is 4.05. The number of hydrogen-bond donors (Lipinski definition) is 0. The fraction of sp³-hybridized carbons (Fsp3) is 0.857. The van der Waals surface area contributed by atoms with Crippen molar-refractivity contribution in [1.82, 2.24) is 9.80 Å². The Morgan fingerprint density at radius 1 is 1.20 bits per heavy atom. The van der Waals surface area contributed by atoms with Crippen LogP contribution in [0.25, 0.3) is 0 Å². The lowest BCUT2D eigenvalue weighted by atomic mass is 10.7. The molecule has 0 radical (unpaired) electrons. The molecule has 0 fully saturated rings. The summed E-state index contributed by atoms with van der Waals surface area (Å²) < 4.78 is 14.1. The average molecular weight is 334 g/mol. The molecule has 0 saturated carbocycles. The highest BCUT2D eigenvalue weighted by atomic mass is 127. The molecule has 90 valence electrons. The number of amides is 2. The lowest BCUT2D eigenvalue weighted by Crippen LogP contribution is -2.43. The van der Waals surface area contributed by atoms with E-state index in [0.29, 0.717) is 0 Å². The molecule has 0 unspecified atom stereocenters. The minimum Gasteiger partial charge on any atom is -0.364 e. The first-order chi connectivity index (χ1) is 7.17. The molecule has 0 spiro atoms. The largest absolute Gasteiger partial charge is 0.364 e. The number of rotatable bonds is 7. The molecule has 0 aliphatic carbocycles. The SMILES string of the molecule is COCN(C)C(=O)N(COC)COOI. The minimum atomic E-state index is -0.271. The number of ether oxygens (including phenoxy) is 2. The van der Waals surface area contributed by atoms with Crippen LogP contribution in [0.4, 0.5) is 4.79 Å². The quantitative estimate of drug-likeness (QED) is 0.298. The van der Waals surface area contributed by atoms with Gasteiger partial charge in [-0.1, -0.05) is 0 Å². The van der Waals surface area contributed by atoms with E-state index in [0.717, 1.165) is 0 Å². The molecule has 15 heavy (non-hydrogen) atoms. The van der Waals surface area contributed by atoms with Crippen molar-refractivity contribution in [1.29, 1.82) is 0 Å². The Morgan fingerprint density at radius 3 is 2.27 bits per heavy atom. The molecule has 0 heterocycles. The van der Waals surface area contributed by atoms with Crippen LogP contribution in [0.3, 0.4) is 0 Å². The summed E-state index contributed by atoms with van der Waals surface area (Å²) in [7, 11) is 4.61. The molecule has 0 aliphatic rings. The molecule has 0 aliphatic heterocycles. The molecule has 0 N–H and O–H groups in total. The summed E-state index contributed by atoms with van der Waals surface area (Å²) in [5.74, 6) is 0. The maximum Gasteiger partial charge on any atom is 0.325 e. The summed E-state index contributed by atoms with van der Waals surface area (Å²) in [5.41, 5.74) is 0. The summed E-state index contributed by atoms with van der Waals surface area (Å²) in [6, 6.07) is -0.271. The van der Waals surface area contributed by atoms with Crippen molar-refractivity contribution in [2.75, 3.05) is 41.5 Å². The van der Waals surface area contributed by atoms with Crippen LogP contribution in [0.1, 0.15) is 0 Å². The number of hydrogen-bond acceptors (Lipinski definition) is 5. The van der Waals surface area contributed by atoms with Crippen molar-refractivity contribution >= 4 is 29.0 Å². The van der Waals surface area contributed by atoms with E-state index >= 15 is 0 Å². The van der Waals surface area contributed by atoms with E-state index < -0.39 is 0 Å². The van der Waals surface area contributed by atoms with Crippen molar-refractivity contribution < 1.29 is 22.4 Å². The highest BCUT2D eigenvalue weighted by molar-refractivity contribution is 14.1. The average Bonchev–Trinajstić information content (AvgIpc) is 2.23. The summed E-state index contributed by atoms with van der Waals surface area (Å²) >= 11 is 1.57. The van der Waals surface area contributed by atoms with Crippen LogP contribution in [-0.4, -0.2) is 57.3 Å². The van der Waals surface area contributed by atoms with E-state index in [4.69, 9.17) is 9.47 Å². The van der Waals surface area contributed by atoms with Gasteiger partial charge in [-0.15, -0.1) is 0 Å². The van der Waals surface area contributed by atoms with Crippen LogP contribution in [0, 0.1) is 0 Å². The van der Waals surface area contributed by atoms with Crippen molar-refractivity contribution in [3.63, 3.8) is 0 Å². The van der Waals surface area contributed by atoms with E-state index in [-0.39, 0.29) is 26.2 Å². The smallest absolute Gasteiger partial charge is 0.325 e. The Hall–Kier alpha value is -0.160. The first kappa shape index (κ1) is 14.8. The molecular formula is C7H15IN2O5. The third-order valence-electron chi connectivity index (χ3n) is 1.46. The molecule has 0 aromatic heterocycles. The monoisotopic (exact) mass is 334 g/mol. The zero-order valence-electron chi connectivity index (χ0n) is 8.93. The van der Waals surface area contributed by atoms with E-state index in [1.807, 2.05) is 0 Å². The van der Waals surface area contributed by atoms with Crippen LogP contribution < -0.4 is 0 Å². The van der Waals surface area contributed by atoms with Gasteiger partial charge in [0.25, 0.3) is 0 Å². The van der Waals surface area contributed by atoms with Gasteiger partial charge in [0.2, 0.25) is 0 Å². The van der Waals surface area contributed by atoms with Crippen LogP contribution in [0.2, 0.25) is 0 Å². The van der Waals surface area contributed by atoms with Gasteiger partial charge in [0.15, 0.2) is 29.7 Å². The maximum atomic E-state index is 11.7. The van der Waals surface area contributed by atoms with E-state index in [2.05, 4.69) is 8.10 Å². The predicted molar refractivity (Wildman–Crippen MR) is 59.8 cm³/mol. The summed E-state index contributed by atoms with van der Waals surface area (Å²) in [4.78, 5) is 19.0. The highest BCUT2D eigenvalue weighted by Gasteiger charge is 2.17. The number of halogens is 1. The van der Waals surface area contributed by atoms with Crippen molar-refractivity contribution in [2.24, 2.45) is 0 Å². The van der Waals surface area contributed by atoms with E-state index in [1.165, 1.54) is 24.0 Å². The second-order valence-electron chi connectivity index (χ2n) is 2.67. The molecule has 0 rings (SSSR count). The molecule has 0 aromatic rings. The fourth-order valence-corrected chi connectivity index (χ4v) is 0.991. The van der Waals surface area contributed by atoms with Crippen molar-refractivity contribution in [3.05, 3.63) is 0 Å². The first-order valence-corrected chi connectivity index (χ1v) is 4.93. The Labute approximate surface area is 103 Å². The van der Waals surface area contributed by atoms with E-state index in [9.17, 15) is 4.79 Å². The molecule has 0 saturated heterocycles. The van der Waals surface area contributed by atoms with Gasteiger partial charge in [-0.3, -0.25) is 4.90 Å². The highest BCUT2D eigenvalue weighted by Crippen LogP contribution is 1.99. The molecule has 0 bridgehead atoms. The molecular weight excluding hydrogens is 319 g/mol. The maximum absolute atomic E-state index is 11.7. The van der Waals surface area contributed by atoms with Crippen LogP contribution in [-0.2, 0) is 17.6 Å².